The lowest BCUT2D eigenvalue weighted by molar-refractivity contribution is 0.0186. The van der Waals surface area contributed by atoms with E-state index < -0.39 is 5.60 Å². The summed E-state index contributed by atoms with van der Waals surface area (Å²) in [7, 11) is 2.16. The van der Waals surface area contributed by atoms with Crippen LogP contribution in [0.5, 0.6) is 0 Å². The third-order valence-corrected chi connectivity index (χ3v) is 4.59. The number of nitrogens with two attached hydrogens (primary N) is 1. The quantitative estimate of drug-likeness (QED) is 0.618. The topological polar surface area (TPSA) is 74.4 Å². The number of aliphatic imine (C=N–C) groups is 1. The molecule has 0 aromatic rings. The van der Waals surface area contributed by atoms with Gasteiger partial charge in [0.05, 0.1) is 6.54 Å². The van der Waals surface area contributed by atoms with Crippen molar-refractivity contribution in [3.8, 4) is 0 Å². The number of amides is 1. The van der Waals surface area contributed by atoms with Crippen LogP contribution >= 0.6 is 0 Å². The van der Waals surface area contributed by atoms with Crippen LogP contribution in [-0.4, -0.2) is 84.2 Å². The van der Waals surface area contributed by atoms with Gasteiger partial charge in [-0.3, -0.25) is 9.89 Å². The second-order valence-electron chi connectivity index (χ2n) is 7.90. The first-order valence-electron chi connectivity index (χ1n) is 8.92. The molecule has 1 saturated heterocycles. The molecule has 1 aliphatic carbocycles. The largest absolute Gasteiger partial charge is 0.444 e. The van der Waals surface area contributed by atoms with Crippen molar-refractivity contribution >= 4 is 12.1 Å². The van der Waals surface area contributed by atoms with E-state index in [-0.39, 0.29) is 6.09 Å². The lowest BCUT2D eigenvalue weighted by Gasteiger charge is -2.36. The molecule has 2 N–H and O–H groups in total. The van der Waals surface area contributed by atoms with Gasteiger partial charge < -0.3 is 20.3 Å². The van der Waals surface area contributed by atoms with Gasteiger partial charge in [-0.05, 0) is 47.6 Å². The minimum Gasteiger partial charge on any atom is -0.444 e. The summed E-state index contributed by atoms with van der Waals surface area (Å²) in [5, 5.41) is 0. The molecule has 0 bridgehead atoms. The van der Waals surface area contributed by atoms with Gasteiger partial charge in [0.1, 0.15) is 5.60 Å². The lowest BCUT2D eigenvalue weighted by Crippen LogP contribution is -2.53. The van der Waals surface area contributed by atoms with E-state index in [0.29, 0.717) is 44.7 Å². The Kier molecular flexibility index (Phi) is 5.96. The van der Waals surface area contributed by atoms with Gasteiger partial charge in [0.2, 0.25) is 0 Å². The normalized spacial score (nSPS) is 21.2. The molecule has 2 fully saturated rings. The third-order valence-electron chi connectivity index (χ3n) is 4.59. The SMILES string of the molecule is CC(CN=C(N)N1CCN(C(=O)OC(C)(C)C)CC1)N(C)C1CC1. The minimum absolute atomic E-state index is 0.252. The Hall–Kier alpha value is -1.50. The van der Waals surface area contributed by atoms with Gasteiger partial charge in [-0.1, -0.05) is 0 Å². The highest BCUT2D eigenvalue weighted by atomic mass is 16.6. The summed E-state index contributed by atoms with van der Waals surface area (Å²) >= 11 is 0. The van der Waals surface area contributed by atoms with Crippen molar-refractivity contribution in [1.29, 1.82) is 0 Å². The molecule has 1 heterocycles. The predicted octanol–water partition coefficient (Wildman–Crippen LogP) is 1.34. The summed E-state index contributed by atoms with van der Waals surface area (Å²) in [4.78, 5) is 22.8. The van der Waals surface area contributed by atoms with E-state index in [4.69, 9.17) is 10.5 Å². The Morgan fingerprint density at radius 3 is 2.29 bits per heavy atom. The van der Waals surface area contributed by atoms with E-state index >= 15 is 0 Å². The van der Waals surface area contributed by atoms with E-state index in [1.807, 2.05) is 25.7 Å². The molecular formula is C17H33N5O2. The van der Waals surface area contributed by atoms with Crippen LogP contribution in [0.4, 0.5) is 4.79 Å². The van der Waals surface area contributed by atoms with Crippen molar-refractivity contribution in [2.45, 2.75) is 58.2 Å². The highest BCUT2D eigenvalue weighted by Gasteiger charge is 2.29. The van der Waals surface area contributed by atoms with Crippen LogP contribution in [0.3, 0.4) is 0 Å². The van der Waals surface area contributed by atoms with Crippen molar-refractivity contribution in [3.05, 3.63) is 0 Å². The maximum Gasteiger partial charge on any atom is 0.410 e. The number of guanidine groups is 1. The number of rotatable bonds is 4. The van der Waals surface area contributed by atoms with Gasteiger partial charge in [0.25, 0.3) is 0 Å². The summed E-state index contributed by atoms with van der Waals surface area (Å²) in [6, 6.07) is 1.13. The molecule has 1 unspecified atom stereocenters. The fraction of sp³-hybridized carbons (Fsp3) is 0.882. The second kappa shape index (κ2) is 7.59. The van der Waals surface area contributed by atoms with Crippen molar-refractivity contribution in [3.63, 3.8) is 0 Å². The van der Waals surface area contributed by atoms with E-state index in [1.165, 1.54) is 12.8 Å². The molecule has 1 amide bonds. The molecule has 7 nitrogen and oxygen atoms in total. The monoisotopic (exact) mass is 339 g/mol. The first kappa shape index (κ1) is 18.8. The van der Waals surface area contributed by atoms with Gasteiger partial charge in [0.15, 0.2) is 5.96 Å². The molecule has 2 aliphatic rings. The molecule has 0 spiro atoms. The smallest absolute Gasteiger partial charge is 0.410 e. The molecule has 0 aromatic carbocycles. The minimum atomic E-state index is -0.460. The molecular weight excluding hydrogens is 306 g/mol. The van der Waals surface area contributed by atoms with E-state index in [2.05, 4.69) is 23.9 Å². The molecule has 0 radical (unpaired) electrons. The summed E-state index contributed by atoms with van der Waals surface area (Å²) in [6.07, 6.45) is 2.34. The number of hydrogen-bond donors (Lipinski definition) is 1. The van der Waals surface area contributed by atoms with Crippen LogP contribution in [-0.2, 0) is 4.74 Å². The standard InChI is InChI=1S/C17H33N5O2/c1-13(20(5)14-6-7-14)12-19-15(18)21-8-10-22(11-9-21)16(23)24-17(2,3)4/h13-14H,6-12H2,1-5H3,(H2,18,19). The van der Waals surface area contributed by atoms with Gasteiger partial charge in [0, 0.05) is 38.3 Å². The van der Waals surface area contributed by atoms with Gasteiger partial charge in [-0.25, -0.2) is 4.79 Å². The average Bonchev–Trinajstić information content (AvgIpc) is 3.34. The summed E-state index contributed by atoms with van der Waals surface area (Å²) in [6.45, 7) is 11.2. The number of carbonyl (C=O) groups excluding carboxylic acids is 1. The first-order chi connectivity index (χ1) is 11.2. The zero-order chi connectivity index (χ0) is 17.9. The van der Waals surface area contributed by atoms with Gasteiger partial charge >= 0.3 is 6.09 Å². The highest BCUT2D eigenvalue weighted by molar-refractivity contribution is 5.78. The van der Waals surface area contributed by atoms with Crippen LogP contribution in [0.25, 0.3) is 0 Å². The van der Waals surface area contributed by atoms with Crippen molar-refractivity contribution in [2.24, 2.45) is 10.7 Å². The summed E-state index contributed by atoms with van der Waals surface area (Å²) in [5.41, 5.74) is 5.67. The number of piperazine rings is 1. The van der Waals surface area contributed by atoms with Crippen LogP contribution in [0.15, 0.2) is 4.99 Å². The molecule has 1 aliphatic heterocycles. The van der Waals surface area contributed by atoms with E-state index in [0.717, 1.165) is 6.04 Å². The molecule has 1 atom stereocenters. The zero-order valence-electron chi connectivity index (χ0n) is 15.8. The van der Waals surface area contributed by atoms with Crippen LogP contribution in [0.2, 0.25) is 0 Å². The van der Waals surface area contributed by atoms with Crippen molar-refractivity contribution in [2.75, 3.05) is 39.8 Å². The van der Waals surface area contributed by atoms with Gasteiger partial charge in [-0.15, -0.1) is 0 Å². The maximum absolute atomic E-state index is 12.1. The van der Waals surface area contributed by atoms with Crippen LogP contribution in [0.1, 0.15) is 40.5 Å². The summed E-state index contributed by atoms with van der Waals surface area (Å²) < 4.78 is 5.41. The predicted molar refractivity (Wildman–Crippen MR) is 96.1 cm³/mol. The Balaban J connectivity index is 1.76. The Bertz CT molecular complexity index is 462. The first-order valence-corrected chi connectivity index (χ1v) is 8.92. The zero-order valence-corrected chi connectivity index (χ0v) is 15.8. The Morgan fingerprint density at radius 2 is 1.79 bits per heavy atom. The fourth-order valence-corrected chi connectivity index (χ4v) is 2.74. The Morgan fingerprint density at radius 1 is 1.25 bits per heavy atom. The Labute approximate surface area is 145 Å². The number of likely N-dealkylation sites (N-methyl/N-ethyl adjacent to an activating group) is 1. The maximum atomic E-state index is 12.1. The second-order valence-corrected chi connectivity index (χ2v) is 7.90. The highest BCUT2D eigenvalue weighted by Crippen LogP contribution is 2.26. The lowest BCUT2D eigenvalue weighted by atomic mass is 10.2. The molecule has 24 heavy (non-hydrogen) atoms. The van der Waals surface area contributed by atoms with E-state index in [1.54, 1.807) is 4.90 Å². The molecule has 0 aromatic heterocycles. The summed E-state index contributed by atoms with van der Waals surface area (Å²) in [5.74, 6) is 0.579. The van der Waals surface area contributed by atoms with Crippen LogP contribution in [0, 0.1) is 0 Å². The van der Waals surface area contributed by atoms with E-state index in [9.17, 15) is 4.79 Å². The van der Waals surface area contributed by atoms with Crippen molar-refractivity contribution < 1.29 is 9.53 Å². The van der Waals surface area contributed by atoms with Crippen molar-refractivity contribution in [1.82, 2.24) is 14.7 Å². The molecule has 138 valence electrons. The molecule has 7 heteroatoms. The molecule has 2 rings (SSSR count). The fourth-order valence-electron chi connectivity index (χ4n) is 2.74. The number of carbonyl (C=O) groups is 1. The molecule has 1 saturated carbocycles. The number of nitrogens with zero attached hydrogens (tertiary/aromatic N) is 4. The number of hydrogen-bond acceptors (Lipinski definition) is 4. The average molecular weight is 339 g/mol. The third kappa shape index (κ3) is 5.54. The van der Waals surface area contributed by atoms with Gasteiger partial charge in [-0.2, -0.15) is 0 Å². The number of ether oxygens (including phenoxy) is 1. The van der Waals surface area contributed by atoms with Crippen LogP contribution < -0.4 is 5.73 Å².